The van der Waals surface area contributed by atoms with Crippen LogP contribution in [-0.4, -0.2) is 5.54 Å². The predicted octanol–water partition coefficient (Wildman–Crippen LogP) is 1.91. The van der Waals surface area contributed by atoms with Gasteiger partial charge in [0.15, 0.2) is 0 Å². The second-order valence-electron chi connectivity index (χ2n) is 3.29. The average molecular weight is 127 g/mol. The van der Waals surface area contributed by atoms with E-state index in [2.05, 4.69) is 13.8 Å². The Hall–Kier alpha value is -0.0400. The second kappa shape index (κ2) is 2.30. The predicted molar refractivity (Wildman–Crippen MR) is 40.2 cm³/mol. The van der Waals surface area contributed by atoms with Crippen LogP contribution in [0.5, 0.6) is 0 Å². The van der Waals surface area contributed by atoms with Crippen molar-refractivity contribution in [2.75, 3.05) is 0 Å². The summed E-state index contributed by atoms with van der Waals surface area (Å²) in [7, 11) is 0. The second-order valence-corrected chi connectivity index (χ2v) is 3.29. The van der Waals surface area contributed by atoms with Gasteiger partial charge in [0.2, 0.25) is 0 Å². The van der Waals surface area contributed by atoms with Gasteiger partial charge in [-0.05, 0) is 18.8 Å². The SMILES string of the molecule is CCCC1(N)CC1CC. The molecule has 1 nitrogen and oxygen atoms in total. The minimum absolute atomic E-state index is 0.267. The van der Waals surface area contributed by atoms with E-state index in [1.165, 1.54) is 25.7 Å². The van der Waals surface area contributed by atoms with Gasteiger partial charge in [0, 0.05) is 5.54 Å². The van der Waals surface area contributed by atoms with E-state index >= 15 is 0 Å². The summed E-state index contributed by atoms with van der Waals surface area (Å²) in [5.74, 6) is 0.845. The first-order chi connectivity index (χ1) is 4.23. The van der Waals surface area contributed by atoms with Crippen molar-refractivity contribution >= 4 is 0 Å². The summed E-state index contributed by atoms with van der Waals surface area (Å²) in [5.41, 5.74) is 6.28. The van der Waals surface area contributed by atoms with Crippen LogP contribution in [0.15, 0.2) is 0 Å². The lowest BCUT2D eigenvalue weighted by Gasteiger charge is -2.07. The Morgan fingerprint density at radius 3 is 2.56 bits per heavy atom. The van der Waals surface area contributed by atoms with Crippen LogP contribution in [0.3, 0.4) is 0 Å². The topological polar surface area (TPSA) is 26.0 Å². The first-order valence-electron chi connectivity index (χ1n) is 4.02. The molecule has 1 fully saturated rings. The Morgan fingerprint density at radius 2 is 2.22 bits per heavy atom. The summed E-state index contributed by atoms with van der Waals surface area (Å²) in [6, 6.07) is 0. The maximum absolute atomic E-state index is 6.01. The van der Waals surface area contributed by atoms with Gasteiger partial charge in [0.1, 0.15) is 0 Å². The molecule has 0 bridgehead atoms. The highest BCUT2D eigenvalue weighted by atomic mass is 14.8. The molecule has 0 amide bonds. The van der Waals surface area contributed by atoms with Crippen molar-refractivity contribution in [3.8, 4) is 0 Å². The van der Waals surface area contributed by atoms with E-state index in [0.29, 0.717) is 0 Å². The molecular weight excluding hydrogens is 110 g/mol. The van der Waals surface area contributed by atoms with E-state index in [-0.39, 0.29) is 5.54 Å². The van der Waals surface area contributed by atoms with Crippen LogP contribution in [0, 0.1) is 5.92 Å². The molecule has 2 N–H and O–H groups in total. The maximum atomic E-state index is 6.01. The third-order valence-corrected chi connectivity index (χ3v) is 2.49. The van der Waals surface area contributed by atoms with Crippen LogP contribution >= 0.6 is 0 Å². The van der Waals surface area contributed by atoms with Crippen molar-refractivity contribution in [1.82, 2.24) is 0 Å². The zero-order valence-electron chi connectivity index (χ0n) is 6.48. The molecule has 0 saturated heterocycles. The molecule has 0 spiro atoms. The van der Waals surface area contributed by atoms with E-state index in [1.807, 2.05) is 0 Å². The Bertz CT molecular complexity index is 101. The fourth-order valence-corrected chi connectivity index (χ4v) is 1.72. The molecule has 54 valence electrons. The van der Waals surface area contributed by atoms with Gasteiger partial charge in [0.25, 0.3) is 0 Å². The van der Waals surface area contributed by atoms with Crippen molar-refractivity contribution in [1.29, 1.82) is 0 Å². The van der Waals surface area contributed by atoms with Crippen molar-refractivity contribution in [2.24, 2.45) is 11.7 Å². The van der Waals surface area contributed by atoms with Crippen molar-refractivity contribution in [3.05, 3.63) is 0 Å². The molecule has 0 aliphatic heterocycles. The zero-order chi connectivity index (χ0) is 6.91. The van der Waals surface area contributed by atoms with E-state index in [4.69, 9.17) is 5.73 Å². The quantitative estimate of drug-likeness (QED) is 0.615. The molecule has 1 heteroatoms. The van der Waals surface area contributed by atoms with Gasteiger partial charge in [-0.15, -0.1) is 0 Å². The van der Waals surface area contributed by atoms with Gasteiger partial charge in [-0.25, -0.2) is 0 Å². The van der Waals surface area contributed by atoms with E-state index in [1.54, 1.807) is 0 Å². The molecule has 0 aromatic rings. The van der Waals surface area contributed by atoms with E-state index in [9.17, 15) is 0 Å². The lowest BCUT2D eigenvalue weighted by Crippen LogP contribution is -2.24. The molecule has 1 aliphatic rings. The maximum Gasteiger partial charge on any atom is 0.0186 e. The summed E-state index contributed by atoms with van der Waals surface area (Å²) in [4.78, 5) is 0. The Labute approximate surface area is 57.6 Å². The van der Waals surface area contributed by atoms with Crippen LogP contribution in [0.1, 0.15) is 39.5 Å². The molecule has 2 atom stereocenters. The number of nitrogens with two attached hydrogens (primary N) is 1. The average Bonchev–Trinajstić information content (AvgIpc) is 2.43. The standard InChI is InChI=1S/C8H17N/c1-3-5-8(9)6-7(8)4-2/h7H,3-6,9H2,1-2H3. The van der Waals surface area contributed by atoms with Gasteiger partial charge < -0.3 is 5.73 Å². The first kappa shape index (κ1) is 7.07. The summed E-state index contributed by atoms with van der Waals surface area (Å²) in [6.07, 6.45) is 5.02. The van der Waals surface area contributed by atoms with E-state index < -0.39 is 0 Å². The van der Waals surface area contributed by atoms with Gasteiger partial charge in [-0.3, -0.25) is 0 Å². The highest BCUT2D eigenvalue weighted by Gasteiger charge is 2.48. The molecule has 0 aromatic carbocycles. The number of rotatable bonds is 3. The lowest BCUT2D eigenvalue weighted by molar-refractivity contribution is 0.532. The molecule has 0 radical (unpaired) electrons. The normalized spacial score (nSPS) is 41.0. The Morgan fingerprint density at radius 1 is 1.56 bits per heavy atom. The summed E-state index contributed by atoms with van der Waals surface area (Å²) in [5, 5.41) is 0. The third kappa shape index (κ3) is 1.26. The highest BCUT2D eigenvalue weighted by Crippen LogP contribution is 2.46. The van der Waals surface area contributed by atoms with Gasteiger partial charge in [-0.1, -0.05) is 26.7 Å². The minimum Gasteiger partial charge on any atom is -0.325 e. The van der Waals surface area contributed by atoms with Gasteiger partial charge >= 0.3 is 0 Å². The summed E-state index contributed by atoms with van der Waals surface area (Å²) >= 11 is 0. The lowest BCUT2D eigenvalue weighted by atomic mass is 10.1. The van der Waals surface area contributed by atoms with Crippen molar-refractivity contribution < 1.29 is 0 Å². The molecule has 0 aromatic heterocycles. The smallest absolute Gasteiger partial charge is 0.0186 e. The minimum atomic E-state index is 0.267. The Balaban J connectivity index is 2.25. The molecule has 2 unspecified atom stereocenters. The molecule has 1 saturated carbocycles. The molecule has 9 heavy (non-hydrogen) atoms. The van der Waals surface area contributed by atoms with Gasteiger partial charge in [-0.2, -0.15) is 0 Å². The van der Waals surface area contributed by atoms with Crippen LogP contribution in [0.2, 0.25) is 0 Å². The van der Waals surface area contributed by atoms with Crippen LogP contribution < -0.4 is 5.73 Å². The number of hydrogen-bond donors (Lipinski definition) is 1. The first-order valence-corrected chi connectivity index (χ1v) is 4.02. The highest BCUT2D eigenvalue weighted by molar-refractivity contribution is 5.06. The fourth-order valence-electron chi connectivity index (χ4n) is 1.72. The van der Waals surface area contributed by atoms with E-state index in [0.717, 1.165) is 5.92 Å². The molecule has 1 rings (SSSR count). The largest absolute Gasteiger partial charge is 0.325 e. The molecule has 0 heterocycles. The number of hydrogen-bond acceptors (Lipinski definition) is 1. The Kier molecular flexibility index (Phi) is 1.80. The molecular formula is C8H17N. The summed E-state index contributed by atoms with van der Waals surface area (Å²) < 4.78 is 0. The summed E-state index contributed by atoms with van der Waals surface area (Å²) in [6.45, 7) is 4.44. The fraction of sp³-hybridized carbons (Fsp3) is 1.00. The molecule has 1 aliphatic carbocycles. The van der Waals surface area contributed by atoms with Crippen LogP contribution in [0.4, 0.5) is 0 Å². The van der Waals surface area contributed by atoms with Crippen molar-refractivity contribution in [3.63, 3.8) is 0 Å². The van der Waals surface area contributed by atoms with Crippen LogP contribution in [-0.2, 0) is 0 Å². The van der Waals surface area contributed by atoms with Crippen LogP contribution in [0.25, 0.3) is 0 Å². The van der Waals surface area contributed by atoms with Crippen molar-refractivity contribution in [2.45, 2.75) is 45.1 Å². The monoisotopic (exact) mass is 127 g/mol. The zero-order valence-corrected chi connectivity index (χ0v) is 6.48. The van der Waals surface area contributed by atoms with Gasteiger partial charge in [0.05, 0.1) is 0 Å². The third-order valence-electron chi connectivity index (χ3n) is 2.49.